The van der Waals surface area contributed by atoms with Crippen molar-refractivity contribution < 1.29 is 14.7 Å². The second-order valence-corrected chi connectivity index (χ2v) is 4.16. The number of aromatic amines is 1. The van der Waals surface area contributed by atoms with Crippen LogP contribution in [0.15, 0.2) is 18.5 Å². The minimum Gasteiger partial charge on any atom is -0.480 e. The lowest BCUT2D eigenvalue weighted by Crippen LogP contribution is -2.42. The van der Waals surface area contributed by atoms with Crippen LogP contribution < -0.4 is 5.32 Å². The van der Waals surface area contributed by atoms with Crippen LogP contribution in [0.25, 0.3) is 0 Å². The van der Waals surface area contributed by atoms with E-state index in [0.29, 0.717) is 13.0 Å². The summed E-state index contributed by atoms with van der Waals surface area (Å²) >= 11 is 0. The predicted octanol–water partition coefficient (Wildman–Crippen LogP) is 0.784. The van der Waals surface area contributed by atoms with Crippen LogP contribution in [-0.4, -0.2) is 28.5 Å². The lowest BCUT2D eigenvalue weighted by atomic mass is 9.92. The number of rotatable bonds is 5. The van der Waals surface area contributed by atoms with Crippen molar-refractivity contribution in [1.29, 1.82) is 0 Å². The highest BCUT2D eigenvalue weighted by Gasteiger charge is 2.35. The van der Waals surface area contributed by atoms with E-state index in [9.17, 15) is 9.59 Å². The van der Waals surface area contributed by atoms with E-state index in [-0.39, 0.29) is 0 Å². The van der Waals surface area contributed by atoms with Crippen molar-refractivity contribution in [2.45, 2.75) is 20.3 Å². The fourth-order valence-electron chi connectivity index (χ4n) is 1.15. The summed E-state index contributed by atoms with van der Waals surface area (Å²) in [5.41, 5.74) is -0.300. The Balaban J connectivity index is 2.39. The van der Waals surface area contributed by atoms with Gasteiger partial charge in [-0.05, 0) is 31.9 Å². The summed E-state index contributed by atoms with van der Waals surface area (Å²) in [4.78, 5) is 25.2. The molecule has 0 radical (unpaired) electrons. The molecule has 0 fully saturated rings. The molecule has 0 saturated carbocycles. The van der Waals surface area contributed by atoms with Gasteiger partial charge >= 0.3 is 5.97 Å². The first-order valence-corrected chi connectivity index (χ1v) is 5.08. The molecule has 3 N–H and O–H groups in total. The molecule has 5 nitrogen and oxygen atoms in total. The van der Waals surface area contributed by atoms with Crippen LogP contribution in [-0.2, 0) is 16.0 Å². The summed E-state index contributed by atoms with van der Waals surface area (Å²) in [5, 5.41) is 11.4. The normalized spacial score (nSPS) is 11.1. The van der Waals surface area contributed by atoms with Gasteiger partial charge in [-0.25, -0.2) is 0 Å². The largest absolute Gasteiger partial charge is 0.480 e. The summed E-state index contributed by atoms with van der Waals surface area (Å²) in [6.07, 6.45) is 4.33. The van der Waals surface area contributed by atoms with E-state index in [0.717, 1.165) is 5.56 Å². The first-order valence-electron chi connectivity index (χ1n) is 5.08. The Hall–Kier alpha value is -1.78. The molecular weight excluding hydrogens is 208 g/mol. The van der Waals surface area contributed by atoms with Crippen LogP contribution in [0.2, 0.25) is 0 Å². The van der Waals surface area contributed by atoms with Gasteiger partial charge in [-0.3, -0.25) is 9.59 Å². The molecule has 88 valence electrons. The molecule has 0 unspecified atom stereocenters. The molecular formula is C11H16N2O3. The van der Waals surface area contributed by atoms with Crippen molar-refractivity contribution in [1.82, 2.24) is 10.3 Å². The van der Waals surface area contributed by atoms with Gasteiger partial charge in [0, 0.05) is 18.9 Å². The van der Waals surface area contributed by atoms with E-state index in [1.165, 1.54) is 13.8 Å². The molecule has 0 atom stereocenters. The molecule has 0 aliphatic carbocycles. The first-order chi connectivity index (χ1) is 7.44. The average Bonchev–Trinajstić information content (AvgIpc) is 2.70. The Morgan fingerprint density at radius 2 is 2.19 bits per heavy atom. The quantitative estimate of drug-likeness (QED) is 0.646. The van der Waals surface area contributed by atoms with E-state index in [4.69, 9.17) is 5.11 Å². The van der Waals surface area contributed by atoms with Crippen LogP contribution in [0.1, 0.15) is 19.4 Å². The van der Waals surface area contributed by atoms with Crippen molar-refractivity contribution >= 4 is 11.9 Å². The summed E-state index contributed by atoms with van der Waals surface area (Å²) in [6, 6.07) is 1.91. The highest BCUT2D eigenvalue weighted by Crippen LogP contribution is 2.14. The standard InChI is InChI=1S/C11H16N2O3/c1-11(2,10(15)16)9(14)13-6-4-8-3-5-12-7-8/h3,5,7,12H,4,6H2,1-2H3,(H,13,14)(H,15,16). The molecule has 1 aromatic rings. The van der Waals surface area contributed by atoms with Gasteiger partial charge in [0.05, 0.1) is 0 Å². The molecule has 0 saturated heterocycles. The topological polar surface area (TPSA) is 82.2 Å². The van der Waals surface area contributed by atoms with E-state index >= 15 is 0 Å². The van der Waals surface area contributed by atoms with Gasteiger partial charge in [0.1, 0.15) is 5.41 Å². The molecule has 1 rings (SSSR count). The number of nitrogens with one attached hydrogen (secondary N) is 2. The van der Waals surface area contributed by atoms with Crippen molar-refractivity contribution in [2.75, 3.05) is 6.54 Å². The Morgan fingerprint density at radius 3 is 2.69 bits per heavy atom. The van der Waals surface area contributed by atoms with Gasteiger partial charge in [0.25, 0.3) is 0 Å². The molecule has 0 spiro atoms. The number of carbonyl (C=O) groups excluding carboxylic acids is 1. The van der Waals surface area contributed by atoms with Gasteiger partial charge in [0.15, 0.2) is 0 Å². The molecule has 0 bridgehead atoms. The number of hydrogen-bond donors (Lipinski definition) is 3. The lowest BCUT2D eigenvalue weighted by Gasteiger charge is -2.18. The summed E-state index contributed by atoms with van der Waals surface area (Å²) < 4.78 is 0. The van der Waals surface area contributed by atoms with Crippen LogP contribution in [0, 0.1) is 5.41 Å². The minimum atomic E-state index is -1.38. The average molecular weight is 224 g/mol. The SMILES string of the molecule is CC(C)(C(=O)O)C(=O)NCCc1cc[nH]c1. The highest BCUT2D eigenvalue weighted by atomic mass is 16.4. The Morgan fingerprint density at radius 1 is 1.50 bits per heavy atom. The van der Waals surface area contributed by atoms with Gasteiger partial charge < -0.3 is 15.4 Å². The Labute approximate surface area is 93.9 Å². The molecule has 1 heterocycles. The lowest BCUT2D eigenvalue weighted by molar-refractivity contribution is -0.153. The number of hydrogen-bond acceptors (Lipinski definition) is 2. The number of aliphatic carboxylic acids is 1. The maximum Gasteiger partial charge on any atom is 0.318 e. The predicted molar refractivity (Wildman–Crippen MR) is 58.9 cm³/mol. The third-order valence-electron chi connectivity index (χ3n) is 2.46. The summed E-state index contributed by atoms with van der Waals surface area (Å²) in [7, 11) is 0. The zero-order valence-electron chi connectivity index (χ0n) is 9.41. The summed E-state index contributed by atoms with van der Waals surface area (Å²) in [6.45, 7) is 3.22. The Kier molecular flexibility index (Phi) is 3.71. The molecule has 5 heteroatoms. The van der Waals surface area contributed by atoms with Crippen LogP contribution in [0.5, 0.6) is 0 Å². The smallest absolute Gasteiger partial charge is 0.318 e. The van der Waals surface area contributed by atoms with Crippen molar-refractivity contribution in [3.05, 3.63) is 24.0 Å². The Bertz CT molecular complexity index is 369. The second kappa shape index (κ2) is 4.83. The maximum absolute atomic E-state index is 11.5. The third-order valence-corrected chi connectivity index (χ3v) is 2.46. The van der Waals surface area contributed by atoms with Crippen LogP contribution in [0.3, 0.4) is 0 Å². The number of carbonyl (C=O) groups is 2. The van der Waals surface area contributed by atoms with E-state index < -0.39 is 17.3 Å². The van der Waals surface area contributed by atoms with Crippen LogP contribution >= 0.6 is 0 Å². The third kappa shape index (κ3) is 2.85. The second-order valence-electron chi connectivity index (χ2n) is 4.16. The van der Waals surface area contributed by atoms with Crippen molar-refractivity contribution in [3.63, 3.8) is 0 Å². The van der Waals surface area contributed by atoms with Crippen LogP contribution in [0.4, 0.5) is 0 Å². The van der Waals surface area contributed by atoms with E-state index in [1.54, 1.807) is 6.20 Å². The highest BCUT2D eigenvalue weighted by molar-refractivity contribution is 6.00. The molecule has 16 heavy (non-hydrogen) atoms. The number of aromatic nitrogens is 1. The first kappa shape index (κ1) is 12.3. The maximum atomic E-state index is 11.5. The minimum absolute atomic E-state index is 0.438. The molecule has 1 aromatic heterocycles. The molecule has 0 aromatic carbocycles. The molecule has 1 amide bonds. The molecule has 0 aliphatic rings. The van der Waals surface area contributed by atoms with Gasteiger partial charge in [-0.1, -0.05) is 0 Å². The van der Waals surface area contributed by atoms with E-state index in [1.807, 2.05) is 12.3 Å². The number of carboxylic acids is 1. The van der Waals surface area contributed by atoms with Crippen molar-refractivity contribution in [2.24, 2.45) is 5.41 Å². The number of carboxylic acid groups (broad SMARTS) is 1. The fourth-order valence-corrected chi connectivity index (χ4v) is 1.15. The molecule has 0 aliphatic heterocycles. The number of H-pyrrole nitrogens is 1. The summed E-state index contributed by atoms with van der Waals surface area (Å²) in [5.74, 6) is -1.58. The van der Waals surface area contributed by atoms with Gasteiger partial charge in [0.2, 0.25) is 5.91 Å². The zero-order valence-corrected chi connectivity index (χ0v) is 9.41. The van der Waals surface area contributed by atoms with Crippen molar-refractivity contribution in [3.8, 4) is 0 Å². The monoisotopic (exact) mass is 224 g/mol. The zero-order chi connectivity index (χ0) is 12.2. The van der Waals surface area contributed by atoms with Gasteiger partial charge in [-0.2, -0.15) is 0 Å². The fraction of sp³-hybridized carbons (Fsp3) is 0.455. The van der Waals surface area contributed by atoms with E-state index in [2.05, 4.69) is 10.3 Å². The number of amides is 1. The van der Waals surface area contributed by atoms with Gasteiger partial charge in [-0.15, -0.1) is 0 Å².